The van der Waals surface area contributed by atoms with E-state index in [1.165, 1.54) is 22.2 Å². The second-order valence-electron chi connectivity index (χ2n) is 7.14. The largest absolute Gasteiger partial charge is 0.480 e. The van der Waals surface area contributed by atoms with E-state index in [1.54, 1.807) is 9.80 Å². The first kappa shape index (κ1) is 27.6. The molecule has 0 saturated carbocycles. The molecule has 1 fully saturated rings. The molecule has 33 heavy (non-hydrogen) atoms. The summed E-state index contributed by atoms with van der Waals surface area (Å²) in [6.45, 7) is -0.120. The van der Waals surface area contributed by atoms with Crippen LogP contribution in [-0.4, -0.2) is 141 Å². The summed E-state index contributed by atoms with van der Waals surface area (Å²) in [5.74, 6) is -4.44. The van der Waals surface area contributed by atoms with E-state index in [1.807, 2.05) is 0 Å². The van der Waals surface area contributed by atoms with Gasteiger partial charge >= 0.3 is 23.9 Å². The number of rotatable bonds is 8. The van der Waals surface area contributed by atoms with Crippen LogP contribution in [0.25, 0.3) is 0 Å². The highest BCUT2D eigenvalue weighted by molar-refractivity contribution is 6.14. The molecule has 15 nitrogen and oxygen atoms in total. The molecule has 1 saturated heterocycles. The lowest BCUT2D eigenvalue weighted by Gasteiger charge is -2.37. The van der Waals surface area contributed by atoms with Crippen LogP contribution >= 0.6 is 0 Å². The molecule has 2 rings (SSSR count). The molecule has 6 N–H and O–H groups in total. The van der Waals surface area contributed by atoms with Crippen molar-refractivity contribution in [2.45, 2.75) is 0 Å². The number of nitrogens with one attached hydrogen (secondary N) is 2. The Balaban J connectivity index is 0.000000657. The summed E-state index contributed by atoms with van der Waals surface area (Å²) >= 11 is 0. The van der Waals surface area contributed by atoms with E-state index in [0.29, 0.717) is 13.1 Å². The summed E-state index contributed by atoms with van der Waals surface area (Å²) in [5.41, 5.74) is 0. The Labute approximate surface area is 188 Å². The van der Waals surface area contributed by atoms with Crippen molar-refractivity contribution in [1.82, 2.24) is 25.1 Å². The van der Waals surface area contributed by atoms with E-state index < -0.39 is 37.0 Å². The molecule has 0 unspecified atom stereocenters. The highest BCUT2D eigenvalue weighted by Crippen LogP contribution is 2.05. The van der Waals surface area contributed by atoms with Gasteiger partial charge in [-0.1, -0.05) is 0 Å². The Morgan fingerprint density at radius 3 is 1.30 bits per heavy atom. The van der Waals surface area contributed by atoms with Crippen molar-refractivity contribution in [1.29, 1.82) is 5.41 Å². The van der Waals surface area contributed by atoms with Gasteiger partial charge in [-0.3, -0.25) is 39.2 Å². The SMILES string of the molecule is N=C1C=CC(=O)N1.O=C(O)CN1CCN(CC(=O)O)CCN(CC(=O)O)N(CC(=O)O)CC1. The summed E-state index contributed by atoms with van der Waals surface area (Å²) in [7, 11) is 0. The summed E-state index contributed by atoms with van der Waals surface area (Å²) < 4.78 is 0. The number of hydrazine groups is 1. The minimum atomic E-state index is -1.15. The molecule has 0 atom stereocenters. The zero-order valence-electron chi connectivity index (χ0n) is 17.8. The maximum atomic E-state index is 11.1. The van der Waals surface area contributed by atoms with E-state index >= 15 is 0 Å². The first-order chi connectivity index (χ1) is 15.5. The minimum Gasteiger partial charge on any atom is -0.480 e. The molecular weight excluding hydrogens is 444 g/mol. The number of amidine groups is 1. The van der Waals surface area contributed by atoms with Gasteiger partial charge < -0.3 is 25.7 Å². The summed E-state index contributed by atoms with van der Waals surface area (Å²) in [6.07, 6.45) is 2.74. The predicted octanol–water partition coefficient (Wildman–Crippen LogP) is -2.89. The second kappa shape index (κ2) is 13.9. The summed E-state index contributed by atoms with van der Waals surface area (Å²) in [5, 5.41) is 47.9. The fraction of sp³-hybridized carbons (Fsp3) is 0.556. The Morgan fingerprint density at radius 2 is 1.06 bits per heavy atom. The molecule has 2 aliphatic rings. The molecule has 2 heterocycles. The number of nitrogens with zero attached hydrogens (tertiary/aromatic N) is 4. The van der Waals surface area contributed by atoms with E-state index in [9.17, 15) is 24.0 Å². The average molecular weight is 472 g/mol. The Kier molecular flexibility index (Phi) is 11.6. The highest BCUT2D eigenvalue weighted by Gasteiger charge is 2.25. The number of hydrogen-bond donors (Lipinski definition) is 6. The van der Waals surface area contributed by atoms with Crippen LogP contribution < -0.4 is 5.32 Å². The zero-order chi connectivity index (χ0) is 25.0. The van der Waals surface area contributed by atoms with Crippen molar-refractivity contribution in [3.63, 3.8) is 0 Å². The van der Waals surface area contributed by atoms with Gasteiger partial charge in [-0.15, -0.1) is 0 Å². The third kappa shape index (κ3) is 12.3. The first-order valence-electron chi connectivity index (χ1n) is 9.85. The van der Waals surface area contributed by atoms with Gasteiger partial charge in [0.05, 0.1) is 13.1 Å². The van der Waals surface area contributed by atoms with Crippen LogP contribution in [0, 0.1) is 5.41 Å². The molecule has 184 valence electrons. The highest BCUT2D eigenvalue weighted by atomic mass is 16.4. The van der Waals surface area contributed by atoms with Crippen LogP contribution in [0.15, 0.2) is 12.2 Å². The van der Waals surface area contributed by atoms with Crippen LogP contribution in [0.5, 0.6) is 0 Å². The number of carboxylic acid groups (broad SMARTS) is 4. The average Bonchev–Trinajstić information content (AvgIpc) is 3.07. The third-order valence-corrected chi connectivity index (χ3v) is 4.49. The number of carbonyl (C=O) groups excluding carboxylic acids is 1. The normalized spacial score (nSPS) is 18.8. The minimum absolute atomic E-state index is 0.145. The monoisotopic (exact) mass is 472 g/mol. The van der Waals surface area contributed by atoms with Crippen LogP contribution in [0.1, 0.15) is 0 Å². The van der Waals surface area contributed by atoms with Crippen LogP contribution in [0.2, 0.25) is 0 Å². The smallest absolute Gasteiger partial charge is 0.319 e. The standard InChI is InChI=1S/C14H24N4O8.C4H4N2O/c19-11(20)7-15-1-2-16(8-12(21)22)4-6-18(10-14(25)26)17(5-3-15)9-13(23)24;5-3-1-2-4(7)6-3/h1-10H2,(H,19,20)(H,21,22)(H,23,24)(H,25,26);1-2H,(H2,5,6,7). The van der Waals surface area contributed by atoms with Crippen molar-refractivity contribution in [3.05, 3.63) is 12.2 Å². The number of carboxylic acids is 4. The molecule has 0 spiro atoms. The van der Waals surface area contributed by atoms with E-state index in [0.717, 1.165) is 0 Å². The number of hydrogen-bond acceptors (Lipinski definition) is 10. The van der Waals surface area contributed by atoms with Crippen LogP contribution in [0.4, 0.5) is 0 Å². The molecule has 1 amide bonds. The van der Waals surface area contributed by atoms with E-state index in [2.05, 4.69) is 5.32 Å². The van der Waals surface area contributed by atoms with Gasteiger partial charge in [0.25, 0.3) is 0 Å². The lowest BCUT2D eigenvalue weighted by atomic mass is 10.3. The van der Waals surface area contributed by atoms with Gasteiger partial charge in [-0.2, -0.15) is 0 Å². The number of amides is 1. The van der Waals surface area contributed by atoms with Gasteiger partial charge in [-0.05, 0) is 6.08 Å². The number of carbonyl (C=O) groups is 5. The maximum absolute atomic E-state index is 11.1. The molecule has 0 aromatic carbocycles. The van der Waals surface area contributed by atoms with Crippen molar-refractivity contribution >= 4 is 35.6 Å². The lowest BCUT2D eigenvalue weighted by molar-refractivity contribution is -0.154. The van der Waals surface area contributed by atoms with E-state index in [-0.39, 0.29) is 51.0 Å². The topological polar surface area (TPSA) is 215 Å². The van der Waals surface area contributed by atoms with Gasteiger partial charge in [0.2, 0.25) is 5.91 Å². The van der Waals surface area contributed by atoms with Crippen molar-refractivity contribution < 1.29 is 44.4 Å². The van der Waals surface area contributed by atoms with Crippen LogP contribution in [-0.2, 0) is 24.0 Å². The summed E-state index contributed by atoms with van der Waals surface area (Å²) in [4.78, 5) is 57.5. The molecular formula is C18H28N6O9. The van der Waals surface area contributed by atoms with Crippen molar-refractivity contribution in [2.24, 2.45) is 0 Å². The van der Waals surface area contributed by atoms with Crippen molar-refractivity contribution in [2.75, 3.05) is 65.4 Å². The molecule has 0 aliphatic carbocycles. The maximum Gasteiger partial charge on any atom is 0.319 e. The predicted molar refractivity (Wildman–Crippen MR) is 112 cm³/mol. The fourth-order valence-corrected chi connectivity index (χ4v) is 3.05. The lowest BCUT2D eigenvalue weighted by Crippen LogP contribution is -2.55. The van der Waals surface area contributed by atoms with Gasteiger partial charge in [-0.25, -0.2) is 10.0 Å². The molecule has 15 heteroatoms. The molecule has 0 bridgehead atoms. The van der Waals surface area contributed by atoms with E-state index in [4.69, 9.17) is 25.8 Å². The first-order valence-corrected chi connectivity index (χ1v) is 9.85. The molecule has 0 aromatic heterocycles. The Bertz CT molecular complexity index is 725. The van der Waals surface area contributed by atoms with Gasteiger partial charge in [0.1, 0.15) is 18.9 Å². The zero-order valence-corrected chi connectivity index (χ0v) is 17.8. The molecule has 0 radical (unpaired) electrons. The molecule has 0 aromatic rings. The summed E-state index contributed by atoms with van der Waals surface area (Å²) in [6, 6.07) is 0. The second-order valence-corrected chi connectivity index (χ2v) is 7.14. The van der Waals surface area contributed by atoms with Crippen molar-refractivity contribution in [3.8, 4) is 0 Å². The van der Waals surface area contributed by atoms with Crippen LogP contribution in [0.3, 0.4) is 0 Å². The van der Waals surface area contributed by atoms with Gasteiger partial charge in [0, 0.05) is 45.3 Å². The van der Waals surface area contributed by atoms with Gasteiger partial charge in [0.15, 0.2) is 0 Å². The Hall–Kier alpha value is -3.40. The quantitative estimate of drug-likeness (QED) is 0.209. The fourth-order valence-electron chi connectivity index (χ4n) is 3.05. The number of aliphatic carboxylic acids is 4. The third-order valence-electron chi connectivity index (χ3n) is 4.49. The molecule has 2 aliphatic heterocycles. The Morgan fingerprint density at radius 1 is 0.697 bits per heavy atom.